The summed E-state index contributed by atoms with van der Waals surface area (Å²) in [4.78, 5) is 31.3. The number of carbonyl (C=O) groups excluding carboxylic acids is 2. The fourth-order valence-electron chi connectivity index (χ4n) is 2.39. The molecule has 0 radical (unpaired) electrons. The highest BCUT2D eigenvalue weighted by Gasteiger charge is 2.22. The van der Waals surface area contributed by atoms with Gasteiger partial charge in [-0.2, -0.15) is 0 Å². The van der Waals surface area contributed by atoms with Crippen LogP contribution in [-0.4, -0.2) is 28.8 Å². The van der Waals surface area contributed by atoms with Crippen molar-refractivity contribution >= 4 is 34.0 Å². The van der Waals surface area contributed by atoms with Gasteiger partial charge in [-0.3, -0.25) is 4.79 Å². The molecule has 0 bridgehead atoms. The van der Waals surface area contributed by atoms with Crippen LogP contribution in [0.15, 0.2) is 23.7 Å². The molecule has 0 saturated carbocycles. The van der Waals surface area contributed by atoms with Gasteiger partial charge in [-0.25, -0.2) is 14.2 Å². The molecule has 3 rings (SSSR count). The number of aromatic nitrogens is 2. The van der Waals surface area contributed by atoms with Gasteiger partial charge in [0, 0.05) is 17.0 Å². The quantitative estimate of drug-likeness (QED) is 0.574. The third-order valence-electron chi connectivity index (χ3n) is 3.75. The van der Waals surface area contributed by atoms with Crippen molar-refractivity contribution < 1.29 is 18.7 Å². The van der Waals surface area contributed by atoms with E-state index in [1.165, 1.54) is 36.8 Å². The van der Waals surface area contributed by atoms with Crippen molar-refractivity contribution in [2.75, 3.05) is 7.11 Å². The second kappa shape index (κ2) is 6.16. The number of benzene rings is 1. The van der Waals surface area contributed by atoms with Crippen LogP contribution in [0.3, 0.4) is 0 Å². The molecule has 0 saturated heterocycles. The van der Waals surface area contributed by atoms with Crippen molar-refractivity contribution in [1.82, 2.24) is 9.97 Å². The van der Waals surface area contributed by atoms with Gasteiger partial charge in [-0.15, -0.1) is 11.3 Å². The first kappa shape index (κ1) is 16.3. The highest BCUT2D eigenvalue weighted by molar-refractivity contribution is 7.12. The predicted molar refractivity (Wildman–Crippen MR) is 89.2 cm³/mol. The number of nitrogens with one attached hydrogen (secondary N) is 1. The SMILES string of the molecule is COC(=O)c1ccc2c(C(=O)c3nc(C(C)C)cs3)c[nH]c2c1F. The minimum atomic E-state index is -0.765. The maximum atomic E-state index is 14.4. The zero-order chi connectivity index (χ0) is 17.4. The number of ketones is 1. The van der Waals surface area contributed by atoms with E-state index in [9.17, 15) is 14.0 Å². The molecule has 0 aliphatic heterocycles. The first-order chi connectivity index (χ1) is 11.4. The molecule has 1 N–H and O–H groups in total. The number of esters is 1. The van der Waals surface area contributed by atoms with Crippen molar-refractivity contribution in [3.05, 3.63) is 51.4 Å². The Morgan fingerprint density at radius 2 is 2.04 bits per heavy atom. The summed E-state index contributed by atoms with van der Waals surface area (Å²) in [5.41, 5.74) is 1.09. The summed E-state index contributed by atoms with van der Waals surface area (Å²) in [5.74, 6) is -1.55. The average Bonchev–Trinajstić information content (AvgIpc) is 3.21. The minimum Gasteiger partial charge on any atom is -0.465 e. The molecule has 2 heterocycles. The standard InChI is InChI=1S/C17H15FN2O3S/c1-8(2)12-7-24-16(20-12)15(21)11-6-19-14-9(11)4-5-10(13(14)18)17(22)23-3/h4-8,19H,1-3H3. The van der Waals surface area contributed by atoms with Crippen LogP contribution in [0.2, 0.25) is 0 Å². The number of methoxy groups -OCH3 is 1. The molecule has 24 heavy (non-hydrogen) atoms. The summed E-state index contributed by atoms with van der Waals surface area (Å²) >= 11 is 1.27. The number of fused-ring (bicyclic) bond motifs is 1. The van der Waals surface area contributed by atoms with Crippen LogP contribution in [0, 0.1) is 5.82 Å². The predicted octanol–water partition coefficient (Wildman–Crippen LogP) is 3.90. The van der Waals surface area contributed by atoms with Gasteiger partial charge in [0.25, 0.3) is 0 Å². The number of ether oxygens (including phenoxy) is 1. The van der Waals surface area contributed by atoms with Gasteiger partial charge in [-0.05, 0) is 12.0 Å². The number of hydrogen-bond donors (Lipinski definition) is 1. The van der Waals surface area contributed by atoms with Gasteiger partial charge < -0.3 is 9.72 Å². The topological polar surface area (TPSA) is 72.1 Å². The lowest BCUT2D eigenvalue weighted by molar-refractivity contribution is 0.0595. The van der Waals surface area contributed by atoms with Crippen molar-refractivity contribution in [2.45, 2.75) is 19.8 Å². The molecule has 7 heteroatoms. The fraction of sp³-hybridized carbons (Fsp3) is 0.235. The van der Waals surface area contributed by atoms with Crippen LogP contribution in [-0.2, 0) is 4.74 Å². The van der Waals surface area contributed by atoms with E-state index in [0.717, 1.165) is 5.69 Å². The van der Waals surface area contributed by atoms with Gasteiger partial charge in [0.05, 0.1) is 29.4 Å². The Kier molecular flexibility index (Phi) is 4.19. The third-order valence-corrected chi connectivity index (χ3v) is 4.61. The number of rotatable bonds is 4. The smallest absolute Gasteiger partial charge is 0.340 e. The van der Waals surface area contributed by atoms with Crippen LogP contribution in [0.25, 0.3) is 10.9 Å². The molecular weight excluding hydrogens is 331 g/mol. The third kappa shape index (κ3) is 2.60. The van der Waals surface area contributed by atoms with Crippen LogP contribution >= 0.6 is 11.3 Å². The Morgan fingerprint density at radius 1 is 1.29 bits per heavy atom. The Labute approximate surface area is 141 Å². The van der Waals surface area contributed by atoms with Gasteiger partial charge in [-0.1, -0.05) is 19.9 Å². The molecule has 124 valence electrons. The lowest BCUT2D eigenvalue weighted by Gasteiger charge is -2.02. The zero-order valence-electron chi connectivity index (χ0n) is 13.3. The Morgan fingerprint density at radius 3 is 2.67 bits per heavy atom. The van der Waals surface area contributed by atoms with E-state index in [4.69, 9.17) is 0 Å². The minimum absolute atomic E-state index is 0.0990. The molecule has 0 fully saturated rings. The number of hydrogen-bond acceptors (Lipinski definition) is 5. The zero-order valence-corrected chi connectivity index (χ0v) is 14.2. The molecule has 3 aromatic rings. The highest BCUT2D eigenvalue weighted by atomic mass is 32.1. The summed E-state index contributed by atoms with van der Waals surface area (Å²) in [5, 5.41) is 2.62. The van der Waals surface area contributed by atoms with E-state index in [1.807, 2.05) is 19.2 Å². The Bertz CT molecular complexity index is 943. The number of aromatic amines is 1. The Hall–Kier alpha value is -2.54. The molecular formula is C17H15FN2O3S. The number of nitrogens with zero attached hydrogens (tertiary/aromatic N) is 1. The maximum absolute atomic E-state index is 14.4. The van der Waals surface area contributed by atoms with E-state index in [0.29, 0.717) is 16.0 Å². The summed E-state index contributed by atoms with van der Waals surface area (Å²) in [6, 6.07) is 2.85. The van der Waals surface area contributed by atoms with Crippen molar-refractivity contribution in [2.24, 2.45) is 0 Å². The molecule has 5 nitrogen and oxygen atoms in total. The lowest BCUT2D eigenvalue weighted by atomic mass is 10.1. The molecule has 0 atom stereocenters. The number of carbonyl (C=O) groups is 2. The van der Waals surface area contributed by atoms with E-state index in [1.54, 1.807) is 0 Å². The molecule has 0 spiro atoms. The molecule has 0 amide bonds. The second-order valence-corrected chi connectivity index (χ2v) is 6.46. The monoisotopic (exact) mass is 346 g/mol. The molecule has 1 aromatic carbocycles. The van der Waals surface area contributed by atoms with Crippen LogP contribution in [0.1, 0.15) is 51.2 Å². The van der Waals surface area contributed by atoms with Gasteiger partial charge in [0.15, 0.2) is 10.8 Å². The molecule has 2 aromatic heterocycles. The average molecular weight is 346 g/mol. The lowest BCUT2D eigenvalue weighted by Crippen LogP contribution is -2.05. The van der Waals surface area contributed by atoms with Crippen LogP contribution < -0.4 is 0 Å². The molecule has 0 unspecified atom stereocenters. The maximum Gasteiger partial charge on any atom is 0.340 e. The van der Waals surface area contributed by atoms with Gasteiger partial charge in [0.1, 0.15) is 0 Å². The Balaban J connectivity index is 2.05. The first-order valence-corrected chi connectivity index (χ1v) is 8.20. The van der Waals surface area contributed by atoms with Crippen LogP contribution in [0.4, 0.5) is 4.39 Å². The first-order valence-electron chi connectivity index (χ1n) is 7.32. The number of H-pyrrole nitrogens is 1. The fourth-order valence-corrected chi connectivity index (χ4v) is 3.32. The van der Waals surface area contributed by atoms with Crippen molar-refractivity contribution in [1.29, 1.82) is 0 Å². The second-order valence-electron chi connectivity index (χ2n) is 5.60. The van der Waals surface area contributed by atoms with Gasteiger partial charge in [0.2, 0.25) is 5.78 Å². The number of halogens is 1. The summed E-state index contributed by atoms with van der Waals surface area (Å²) in [6.07, 6.45) is 1.44. The summed E-state index contributed by atoms with van der Waals surface area (Å²) < 4.78 is 19.0. The van der Waals surface area contributed by atoms with E-state index in [2.05, 4.69) is 14.7 Å². The van der Waals surface area contributed by atoms with E-state index < -0.39 is 11.8 Å². The normalized spacial score (nSPS) is 11.2. The van der Waals surface area contributed by atoms with Crippen LogP contribution in [0.5, 0.6) is 0 Å². The van der Waals surface area contributed by atoms with E-state index >= 15 is 0 Å². The van der Waals surface area contributed by atoms with Crippen molar-refractivity contribution in [3.8, 4) is 0 Å². The molecule has 0 aliphatic carbocycles. The highest BCUT2D eigenvalue weighted by Crippen LogP contribution is 2.27. The van der Waals surface area contributed by atoms with Crippen molar-refractivity contribution in [3.63, 3.8) is 0 Å². The largest absolute Gasteiger partial charge is 0.465 e. The van der Waals surface area contributed by atoms with E-state index in [-0.39, 0.29) is 22.8 Å². The summed E-state index contributed by atoms with van der Waals surface area (Å²) in [6.45, 7) is 4.00. The summed E-state index contributed by atoms with van der Waals surface area (Å²) in [7, 11) is 1.18. The number of thiazole rings is 1. The molecule has 0 aliphatic rings. The van der Waals surface area contributed by atoms with Gasteiger partial charge >= 0.3 is 5.97 Å².